The van der Waals surface area contributed by atoms with E-state index in [0.717, 1.165) is 4.90 Å². The Balaban J connectivity index is 1.73. The fourth-order valence-corrected chi connectivity index (χ4v) is 3.27. The van der Waals surface area contributed by atoms with Crippen molar-refractivity contribution in [2.75, 3.05) is 10.6 Å². The van der Waals surface area contributed by atoms with Crippen molar-refractivity contribution in [3.63, 3.8) is 0 Å². The molecule has 0 saturated carbocycles. The van der Waals surface area contributed by atoms with E-state index in [0.29, 0.717) is 33.8 Å². The van der Waals surface area contributed by atoms with Crippen LogP contribution in [-0.4, -0.2) is 21.0 Å². The van der Waals surface area contributed by atoms with E-state index in [4.69, 9.17) is 11.6 Å². The third-order valence-electron chi connectivity index (χ3n) is 3.48. The molecule has 0 aliphatic heterocycles. The number of phenolic OH excluding ortho intramolecular Hbond substituents is 1. The third-order valence-corrected chi connectivity index (χ3v) is 4.92. The number of benzene rings is 2. The maximum Gasteiger partial charge on any atom is 0.228 e. The molecule has 1 aromatic heterocycles. The van der Waals surface area contributed by atoms with Crippen LogP contribution < -0.4 is 10.6 Å². The molecule has 3 aromatic rings. The minimum Gasteiger partial charge on any atom is -0.508 e. The molecule has 1 amide bonds. The van der Waals surface area contributed by atoms with Crippen molar-refractivity contribution in [3.8, 4) is 5.75 Å². The molecule has 0 saturated heterocycles. The number of aromatic hydroxyl groups is 1. The van der Waals surface area contributed by atoms with Gasteiger partial charge >= 0.3 is 0 Å². The standard InChI is InChI=1S/C19H17ClN4O2S/c1-2-17(26)22-13-6-7-16(15(20)11-13)27-18-8-9-21-19(24-18)23-12-4-3-5-14(25)10-12/h3-11,25H,2H2,1H3,(H,22,26)(H,21,23,24). The molecule has 2 aromatic carbocycles. The van der Waals surface area contributed by atoms with Gasteiger partial charge in [0.1, 0.15) is 10.8 Å². The Morgan fingerprint density at radius 3 is 2.78 bits per heavy atom. The highest BCUT2D eigenvalue weighted by Gasteiger charge is 2.08. The zero-order valence-corrected chi connectivity index (χ0v) is 16.0. The van der Waals surface area contributed by atoms with Crippen LogP contribution in [0.15, 0.2) is 64.6 Å². The highest BCUT2D eigenvalue weighted by atomic mass is 35.5. The quantitative estimate of drug-likeness (QED) is 0.500. The first-order valence-corrected chi connectivity index (χ1v) is 9.39. The van der Waals surface area contributed by atoms with Crippen molar-refractivity contribution in [2.24, 2.45) is 0 Å². The van der Waals surface area contributed by atoms with Crippen LogP contribution >= 0.6 is 23.4 Å². The number of halogens is 1. The molecule has 0 radical (unpaired) electrons. The van der Waals surface area contributed by atoms with Crippen LogP contribution in [0.25, 0.3) is 0 Å². The van der Waals surface area contributed by atoms with Crippen molar-refractivity contribution >= 4 is 46.6 Å². The van der Waals surface area contributed by atoms with Gasteiger partial charge in [-0.05, 0) is 36.4 Å². The Kier molecular flexibility index (Phi) is 6.16. The van der Waals surface area contributed by atoms with Gasteiger partial charge in [-0.3, -0.25) is 4.79 Å². The smallest absolute Gasteiger partial charge is 0.228 e. The van der Waals surface area contributed by atoms with Crippen LogP contribution in [0.3, 0.4) is 0 Å². The van der Waals surface area contributed by atoms with Gasteiger partial charge in [0.2, 0.25) is 11.9 Å². The van der Waals surface area contributed by atoms with Crippen LogP contribution in [0.2, 0.25) is 5.02 Å². The van der Waals surface area contributed by atoms with Gasteiger partial charge in [0.25, 0.3) is 0 Å². The van der Waals surface area contributed by atoms with Crippen LogP contribution in [-0.2, 0) is 4.79 Å². The number of aromatic nitrogens is 2. The van der Waals surface area contributed by atoms with Gasteiger partial charge in [-0.1, -0.05) is 36.4 Å². The Labute approximate surface area is 166 Å². The zero-order chi connectivity index (χ0) is 19.2. The Bertz CT molecular complexity index is 968. The van der Waals surface area contributed by atoms with E-state index in [9.17, 15) is 9.90 Å². The summed E-state index contributed by atoms with van der Waals surface area (Å²) in [7, 11) is 0. The van der Waals surface area contributed by atoms with Crippen molar-refractivity contribution in [1.29, 1.82) is 0 Å². The highest BCUT2D eigenvalue weighted by molar-refractivity contribution is 7.99. The summed E-state index contributed by atoms with van der Waals surface area (Å²) in [6.45, 7) is 1.79. The molecule has 0 fully saturated rings. The van der Waals surface area contributed by atoms with E-state index in [-0.39, 0.29) is 11.7 Å². The second kappa shape index (κ2) is 8.75. The minimum atomic E-state index is -0.0649. The first-order valence-electron chi connectivity index (χ1n) is 8.20. The molecule has 0 unspecified atom stereocenters. The minimum absolute atomic E-state index is 0.0649. The summed E-state index contributed by atoms with van der Waals surface area (Å²) in [6, 6.07) is 13.8. The first kappa shape index (κ1) is 19.0. The monoisotopic (exact) mass is 400 g/mol. The molecule has 0 spiro atoms. The largest absolute Gasteiger partial charge is 0.508 e. The van der Waals surface area contributed by atoms with E-state index < -0.39 is 0 Å². The molecule has 8 heteroatoms. The summed E-state index contributed by atoms with van der Waals surface area (Å²) in [5, 5.41) is 16.6. The second-order valence-electron chi connectivity index (χ2n) is 5.54. The van der Waals surface area contributed by atoms with Crippen molar-refractivity contribution in [2.45, 2.75) is 23.3 Å². The lowest BCUT2D eigenvalue weighted by molar-refractivity contribution is -0.115. The summed E-state index contributed by atoms with van der Waals surface area (Å²) in [5.41, 5.74) is 1.34. The Hall–Kier alpha value is -2.77. The van der Waals surface area contributed by atoms with E-state index in [2.05, 4.69) is 20.6 Å². The average molecular weight is 401 g/mol. The zero-order valence-electron chi connectivity index (χ0n) is 14.4. The SMILES string of the molecule is CCC(=O)Nc1ccc(Sc2ccnc(Nc3cccc(O)c3)n2)c(Cl)c1. The van der Waals surface area contributed by atoms with Gasteiger partial charge in [-0.25, -0.2) is 9.97 Å². The number of hydrogen-bond donors (Lipinski definition) is 3. The molecular formula is C19H17ClN4O2S. The van der Waals surface area contributed by atoms with Crippen molar-refractivity contribution in [1.82, 2.24) is 9.97 Å². The molecule has 3 rings (SSSR count). The average Bonchev–Trinajstić information content (AvgIpc) is 2.64. The van der Waals surface area contributed by atoms with Gasteiger partial charge in [0.05, 0.1) is 5.02 Å². The maximum absolute atomic E-state index is 11.5. The van der Waals surface area contributed by atoms with E-state index in [1.54, 1.807) is 49.5 Å². The molecule has 0 atom stereocenters. The highest BCUT2D eigenvalue weighted by Crippen LogP contribution is 2.34. The summed E-state index contributed by atoms with van der Waals surface area (Å²) in [5.74, 6) is 0.506. The van der Waals surface area contributed by atoms with Gasteiger partial charge in [-0.15, -0.1) is 0 Å². The molecule has 1 heterocycles. The molecule has 0 bridgehead atoms. The predicted octanol–water partition coefficient (Wildman–Crippen LogP) is 5.08. The molecule has 3 N–H and O–H groups in total. The summed E-state index contributed by atoms with van der Waals surface area (Å²) in [6.07, 6.45) is 2.05. The number of anilines is 3. The Morgan fingerprint density at radius 2 is 2.04 bits per heavy atom. The van der Waals surface area contributed by atoms with Gasteiger partial charge in [0.15, 0.2) is 0 Å². The van der Waals surface area contributed by atoms with E-state index in [1.807, 2.05) is 12.1 Å². The lowest BCUT2D eigenvalue weighted by Crippen LogP contribution is -2.09. The van der Waals surface area contributed by atoms with Gasteiger partial charge < -0.3 is 15.7 Å². The fourth-order valence-electron chi connectivity index (χ4n) is 2.20. The number of nitrogens with zero attached hydrogens (tertiary/aromatic N) is 2. The number of hydrogen-bond acceptors (Lipinski definition) is 6. The third kappa shape index (κ3) is 5.35. The fraction of sp³-hybridized carbons (Fsp3) is 0.105. The number of rotatable bonds is 6. The normalized spacial score (nSPS) is 10.4. The molecule has 0 aliphatic rings. The molecule has 138 valence electrons. The summed E-state index contributed by atoms with van der Waals surface area (Å²) >= 11 is 7.72. The lowest BCUT2D eigenvalue weighted by Gasteiger charge is -2.09. The summed E-state index contributed by atoms with van der Waals surface area (Å²) < 4.78 is 0. The number of carbonyl (C=O) groups excluding carboxylic acids is 1. The number of nitrogens with one attached hydrogen (secondary N) is 2. The number of phenols is 1. The van der Waals surface area contributed by atoms with Crippen molar-refractivity contribution < 1.29 is 9.90 Å². The number of carbonyl (C=O) groups is 1. The van der Waals surface area contributed by atoms with Crippen LogP contribution in [0.4, 0.5) is 17.3 Å². The van der Waals surface area contributed by atoms with E-state index >= 15 is 0 Å². The van der Waals surface area contributed by atoms with Gasteiger partial charge in [-0.2, -0.15) is 0 Å². The molecule has 6 nitrogen and oxygen atoms in total. The summed E-state index contributed by atoms with van der Waals surface area (Å²) in [4.78, 5) is 20.9. The predicted molar refractivity (Wildman–Crippen MR) is 108 cm³/mol. The molecule has 0 aliphatic carbocycles. The maximum atomic E-state index is 11.5. The van der Waals surface area contributed by atoms with Crippen LogP contribution in [0.5, 0.6) is 5.75 Å². The molecular weight excluding hydrogens is 384 g/mol. The lowest BCUT2D eigenvalue weighted by atomic mass is 10.3. The number of amides is 1. The second-order valence-corrected chi connectivity index (χ2v) is 7.01. The van der Waals surface area contributed by atoms with E-state index in [1.165, 1.54) is 11.8 Å². The first-order chi connectivity index (χ1) is 13.0. The van der Waals surface area contributed by atoms with Crippen molar-refractivity contribution in [3.05, 3.63) is 59.8 Å². The topological polar surface area (TPSA) is 87.1 Å². The van der Waals surface area contributed by atoms with Crippen LogP contribution in [0.1, 0.15) is 13.3 Å². The van der Waals surface area contributed by atoms with Crippen LogP contribution in [0, 0.1) is 0 Å². The Morgan fingerprint density at radius 1 is 1.19 bits per heavy atom. The molecule has 27 heavy (non-hydrogen) atoms. The van der Waals surface area contributed by atoms with Gasteiger partial charge in [0, 0.05) is 35.0 Å².